The Balaban J connectivity index is 1.66. The van der Waals surface area contributed by atoms with E-state index in [-0.39, 0.29) is 28.5 Å². The zero-order valence-electron chi connectivity index (χ0n) is 17.9. The number of aromatic amines is 1. The van der Waals surface area contributed by atoms with Gasteiger partial charge in [0.15, 0.2) is 0 Å². The number of aryl methyl sites for hydroxylation is 2. The maximum atomic E-state index is 13.2. The zero-order valence-corrected chi connectivity index (χ0v) is 17.9. The molecule has 4 rings (SSSR count). The molecule has 1 fully saturated rings. The van der Waals surface area contributed by atoms with Crippen molar-refractivity contribution >= 4 is 16.9 Å². The number of fused-ring (bicyclic) bond motifs is 1. The van der Waals surface area contributed by atoms with Crippen LogP contribution in [0, 0.1) is 6.92 Å². The van der Waals surface area contributed by atoms with Crippen LogP contribution in [0.3, 0.4) is 0 Å². The van der Waals surface area contributed by atoms with E-state index in [1.54, 1.807) is 13.0 Å². The van der Waals surface area contributed by atoms with Gasteiger partial charge in [0.25, 0.3) is 11.5 Å². The van der Waals surface area contributed by atoms with E-state index >= 15 is 0 Å². The summed E-state index contributed by atoms with van der Waals surface area (Å²) in [5, 5.41) is 3.15. The zero-order chi connectivity index (χ0) is 22.0. The lowest BCUT2D eigenvalue weighted by molar-refractivity contribution is 0.0926. The summed E-state index contributed by atoms with van der Waals surface area (Å²) in [7, 11) is 1.52. The first kappa shape index (κ1) is 21.0. The summed E-state index contributed by atoms with van der Waals surface area (Å²) in [6.07, 6.45) is 3.53. The van der Waals surface area contributed by atoms with Gasteiger partial charge in [-0.1, -0.05) is 36.8 Å². The summed E-state index contributed by atoms with van der Waals surface area (Å²) >= 11 is 0. The SMILES string of the molecule is Cc1cc(C(=O)NC[C@H](c2ccccc2)N2CCCCC2)c2c(=O)[nH]c(=O)n(C)c2n1. The van der Waals surface area contributed by atoms with Crippen molar-refractivity contribution in [3.05, 3.63) is 74.1 Å². The molecule has 162 valence electrons. The number of rotatable bonds is 5. The van der Waals surface area contributed by atoms with Crippen LogP contribution in [-0.2, 0) is 7.05 Å². The van der Waals surface area contributed by atoms with Crippen molar-refractivity contribution in [1.82, 2.24) is 24.8 Å². The molecular formula is C23H27N5O3. The van der Waals surface area contributed by atoms with Gasteiger partial charge in [0.05, 0.1) is 17.0 Å². The highest BCUT2D eigenvalue weighted by Crippen LogP contribution is 2.24. The molecule has 0 radical (unpaired) electrons. The Kier molecular flexibility index (Phi) is 5.99. The number of piperidine rings is 1. The van der Waals surface area contributed by atoms with Crippen LogP contribution in [0.25, 0.3) is 11.0 Å². The van der Waals surface area contributed by atoms with Gasteiger partial charge in [-0.15, -0.1) is 0 Å². The van der Waals surface area contributed by atoms with Gasteiger partial charge in [-0.3, -0.25) is 24.0 Å². The molecule has 0 saturated carbocycles. The first-order valence-electron chi connectivity index (χ1n) is 10.6. The van der Waals surface area contributed by atoms with Gasteiger partial charge in [-0.2, -0.15) is 0 Å². The minimum absolute atomic E-state index is 0.0577. The summed E-state index contributed by atoms with van der Waals surface area (Å²) in [6.45, 7) is 4.15. The fourth-order valence-electron chi connectivity index (χ4n) is 4.29. The number of carbonyl (C=O) groups is 1. The van der Waals surface area contributed by atoms with E-state index in [9.17, 15) is 14.4 Å². The predicted octanol–water partition coefficient (Wildman–Crippen LogP) is 1.89. The van der Waals surface area contributed by atoms with Crippen molar-refractivity contribution in [2.24, 2.45) is 7.05 Å². The van der Waals surface area contributed by atoms with E-state index < -0.39 is 11.2 Å². The van der Waals surface area contributed by atoms with Crippen LogP contribution in [0.4, 0.5) is 0 Å². The number of hydrogen-bond acceptors (Lipinski definition) is 5. The number of aromatic nitrogens is 3. The first-order chi connectivity index (χ1) is 15.0. The van der Waals surface area contributed by atoms with E-state index in [1.165, 1.54) is 18.0 Å². The van der Waals surface area contributed by atoms with E-state index in [2.05, 4.69) is 32.3 Å². The average molecular weight is 422 g/mol. The Hall–Kier alpha value is -3.26. The highest BCUT2D eigenvalue weighted by Gasteiger charge is 2.24. The molecule has 1 aromatic carbocycles. The van der Waals surface area contributed by atoms with Crippen LogP contribution < -0.4 is 16.6 Å². The van der Waals surface area contributed by atoms with Crippen LogP contribution >= 0.6 is 0 Å². The lowest BCUT2D eigenvalue weighted by Crippen LogP contribution is -2.41. The number of hydrogen-bond donors (Lipinski definition) is 2. The predicted molar refractivity (Wildman–Crippen MR) is 119 cm³/mol. The van der Waals surface area contributed by atoms with Gasteiger partial charge in [-0.25, -0.2) is 9.78 Å². The molecule has 31 heavy (non-hydrogen) atoms. The second kappa shape index (κ2) is 8.85. The van der Waals surface area contributed by atoms with Gasteiger partial charge in [0, 0.05) is 19.3 Å². The number of pyridine rings is 1. The molecular weight excluding hydrogens is 394 g/mol. The number of likely N-dealkylation sites (tertiary alicyclic amines) is 1. The molecule has 0 unspecified atom stereocenters. The number of nitrogens with one attached hydrogen (secondary N) is 2. The molecule has 3 aromatic rings. The summed E-state index contributed by atoms with van der Waals surface area (Å²) in [5.74, 6) is -0.349. The number of amides is 1. The molecule has 1 saturated heterocycles. The second-order valence-electron chi connectivity index (χ2n) is 8.06. The van der Waals surface area contributed by atoms with Crippen LogP contribution in [0.1, 0.15) is 46.9 Å². The Morgan fingerprint density at radius 2 is 1.87 bits per heavy atom. The normalized spacial score (nSPS) is 15.7. The van der Waals surface area contributed by atoms with Crippen LogP contribution in [0.2, 0.25) is 0 Å². The summed E-state index contributed by atoms with van der Waals surface area (Å²) in [4.78, 5) is 46.6. The fourth-order valence-corrected chi connectivity index (χ4v) is 4.29. The lowest BCUT2D eigenvalue weighted by atomic mass is 10.0. The first-order valence-corrected chi connectivity index (χ1v) is 10.6. The van der Waals surface area contributed by atoms with Crippen molar-refractivity contribution in [3.63, 3.8) is 0 Å². The molecule has 1 aliphatic heterocycles. The molecule has 3 heterocycles. The van der Waals surface area contributed by atoms with Gasteiger partial charge >= 0.3 is 5.69 Å². The standard InChI is InChI=1S/C23H27N5O3/c1-15-13-17(19-20(25-15)27(2)23(31)26-22(19)30)21(29)24-14-18(16-9-5-3-6-10-16)28-11-7-4-8-12-28/h3,5-6,9-10,13,18H,4,7-8,11-12,14H2,1-2H3,(H,24,29)(H,26,30,31)/t18-/m1/s1. The second-order valence-corrected chi connectivity index (χ2v) is 8.06. The third-order valence-corrected chi connectivity index (χ3v) is 5.91. The van der Waals surface area contributed by atoms with Gasteiger partial charge in [0.1, 0.15) is 5.65 Å². The van der Waals surface area contributed by atoms with Gasteiger partial charge < -0.3 is 5.32 Å². The smallest absolute Gasteiger partial charge is 0.329 e. The van der Waals surface area contributed by atoms with E-state index in [0.717, 1.165) is 31.5 Å². The summed E-state index contributed by atoms with van der Waals surface area (Å²) in [6, 6.07) is 11.8. The van der Waals surface area contributed by atoms with E-state index in [0.29, 0.717) is 12.2 Å². The Bertz CT molecular complexity index is 1210. The number of benzene rings is 1. The molecule has 0 aliphatic carbocycles. The highest BCUT2D eigenvalue weighted by molar-refractivity contribution is 6.05. The third kappa shape index (κ3) is 4.29. The van der Waals surface area contributed by atoms with Crippen molar-refractivity contribution in [2.45, 2.75) is 32.2 Å². The topological polar surface area (TPSA) is 100 Å². The van der Waals surface area contributed by atoms with Crippen molar-refractivity contribution in [3.8, 4) is 0 Å². The monoisotopic (exact) mass is 421 g/mol. The maximum absolute atomic E-state index is 13.2. The molecule has 2 N–H and O–H groups in total. The molecule has 0 spiro atoms. The lowest BCUT2D eigenvalue weighted by Gasteiger charge is -2.35. The van der Waals surface area contributed by atoms with E-state index in [1.807, 2.05) is 18.2 Å². The largest absolute Gasteiger partial charge is 0.350 e. The molecule has 1 atom stereocenters. The van der Waals surface area contributed by atoms with Crippen molar-refractivity contribution in [2.75, 3.05) is 19.6 Å². The Morgan fingerprint density at radius 1 is 1.16 bits per heavy atom. The minimum Gasteiger partial charge on any atom is -0.350 e. The fraction of sp³-hybridized carbons (Fsp3) is 0.391. The minimum atomic E-state index is -0.605. The van der Waals surface area contributed by atoms with Crippen molar-refractivity contribution < 1.29 is 4.79 Å². The van der Waals surface area contributed by atoms with Crippen molar-refractivity contribution in [1.29, 1.82) is 0 Å². The highest BCUT2D eigenvalue weighted by atomic mass is 16.2. The quantitative estimate of drug-likeness (QED) is 0.655. The Labute approximate surface area is 179 Å². The molecule has 1 aliphatic rings. The number of carbonyl (C=O) groups excluding carboxylic acids is 1. The summed E-state index contributed by atoms with van der Waals surface area (Å²) in [5.41, 5.74) is 0.983. The molecule has 2 aromatic heterocycles. The molecule has 1 amide bonds. The molecule has 8 nitrogen and oxygen atoms in total. The van der Waals surface area contributed by atoms with E-state index in [4.69, 9.17) is 0 Å². The number of H-pyrrole nitrogens is 1. The van der Waals surface area contributed by atoms with Crippen LogP contribution in [-0.4, -0.2) is 45.0 Å². The van der Waals surface area contributed by atoms with Crippen LogP contribution in [0.5, 0.6) is 0 Å². The Morgan fingerprint density at radius 3 is 2.58 bits per heavy atom. The average Bonchev–Trinajstić information content (AvgIpc) is 2.78. The maximum Gasteiger partial charge on any atom is 0.329 e. The molecule has 8 heteroatoms. The van der Waals surface area contributed by atoms with Gasteiger partial charge in [-0.05, 0) is 44.5 Å². The third-order valence-electron chi connectivity index (χ3n) is 5.91. The number of nitrogens with zero attached hydrogens (tertiary/aromatic N) is 3. The van der Waals surface area contributed by atoms with Crippen LogP contribution in [0.15, 0.2) is 46.0 Å². The molecule has 0 bridgehead atoms. The summed E-state index contributed by atoms with van der Waals surface area (Å²) < 4.78 is 1.25. The van der Waals surface area contributed by atoms with Gasteiger partial charge in [0.2, 0.25) is 0 Å².